The Morgan fingerprint density at radius 3 is 2.48 bits per heavy atom. The summed E-state index contributed by atoms with van der Waals surface area (Å²) in [6, 6.07) is 18.3. The Labute approximate surface area is 176 Å². The van der Waals surface area contributed by atoms with E-state index in [-0.39, 0.29) is 6.04 Å². The Morgan fingerprint density at radius 2 is 1.78 bits per heavy atom. The maximum absolute atomic E-state index is 13.6. The van der Waals surface area contributed by atoms with E-state index >= 15 is 0 Å². The Hall–Kier alpha value is -1.34. The van der Waals surface area contributed by atoms with Gasteiger partial charge in [0, 0.05) is 5.02 Å². The van der Waals surface area contributed by atoms with E-state index in [2.05, 4.69) is 22.0 Å². The minimum Gasteiger partial charge on any atom is -0.258 e. The van der Waals surface area contributed by atoms with Gasteiger partial charge in [-0.3, -0.25) is 4.31 Å². The second-order valence-electron chi connectivity index (χ2n) is 6.44. The fourth-order valence-electron chi connectivity index (χ4n) is 3.58. The van der Waals surface area contributed by atoms with Crippen LogP contribution in [-0.2, 0) is 16.4 Å². The molecule has 0 N–H and O–H groups in total. The van der Waals surface area contributed by atoms with Gasteiger partial charge >= 0.3 is 0 Å². The van der Waals surface area contributed by atoms with Crippen molar-refractivity contribution >= 4 is 54.6 Å². The first-order chi connectivity index (χ1) is 13.0. The molecule has 1 unspecified atom stereocenters. The zero-order valence-electron chi connectivity index (χ0n) is 14.3. The SMILES string of the molecule is O=S(=O)(c1ccc(Br)s1)N(c1ccc(Cl)cc1)C1CCCc2ccccc21. The number of thiophene rings is 1. The average molecular weight is 483 g/mol. The first-order valence-corrected chi connectivity index (χ1v) is 12.0. The lowest BCUT2D eigenvalue weighted by atomic mass is 9.87. The number of aryl methyl sites for hydroxylation is 1. The van der Waals surface area contributed by atoms with Gasteiger partial charge in [-0.1, -0.05) is 35.9 Å². The van der Waals surface area contributed by atoms with E-state index in [1.165, 1.54) is 16.9 Å². The summed E-state index contributed by atoms with van der Waals surface area (Å²) in [5.41, 5.74) is 2.93. The van der Waals surface area contributed by atoms with E-state index in [1.807, 2.05) is 18.2 Å². The Balaban J connectivity index is 1.89. The Kier molecular flexibility index (Phi) is 5.34. The number of benzene rings is 2. The van der Waals surface area contributed by atoms with Crippen LogP contribution in [0.2, 0.25) is 5.02 Å². The van der Waals surface area contributed by atoms with Gasteiger partial charge in [-0.15, -0.1) is 11.3 Å². The topological polar surface area (TPSA) is 37.4 Å². The Bertz CT molecular complexity index is 1060. The van der Waals surface area contributed by atoms with E-state index in [1.54, 1.807) is 40.7 Å². The number of hydrogen-bond acceptors (Lipinski definition) is 3. The number of nitrogens with zero attached hydrogens (tertiary/aromatic N) is 1. The molecule has 0 spiro atoms. The summed E-state index contributed by atoms with van der Waals surface area (Å²) < 4.78 is 29.9. The molecule has 0 radical (unpaired) electrons. The third-order valence-corrected chi connectivity index (χ3v) is 8.94. The highest BCUT2D eigenvalue weighted by Crippen LogP contribution is 2.42. The van der Waals surface area contributed by atoms with E-state index < -0.39 is 10.0 Å². The molecule has 1 heterocycles. The molecule has 27 heavy (non-hydrogen) atoms. The van der Waals surface area contributed by atoms with E-state index in [0.717, 1.165) is 28.6 Å². The van der Waals surface area contributed by atoms with Crippen LogP contribution in [0.25, 0.3) is 0 Å². The summed E-state index contributed by atoms with van der Waals surface area (Å²) in [5.74, 6) is 0. The normalized spacial score (nSPS) is 16.7. The van der Waals surface area contributed by atoms with Crippen molar-refractivity contribution in [1.82, 2.24) is 0 Å². The lowest BCUT2D eigenvalue weighted by molar-refractivity contribution is 0.541. The smallest absolute Gasteiger partial charge is 0.258 e. The summed E-state index contributed by atoms with van der Waals surface area (Å²) in [6.45, 7) is 0. The van der Waals surface area contributed by atoms with Crippen molar-refractivity contribution in [3.05, 3.63) is 80.6 Å². The number of halogens is 2. The van der Waals surface area contributed by atoms with Crippen molar-refractivity contribution in [3.63, 3.8) is 0 Å². The van der Waals surface area contributed by atoms with Crippen molar-refractivity contribution < 1.29 is 8.42 Å². The van der Waals surface area contributed by atoms with Gasteiger partial charge in [-0.2, -0.15) is 0 Å². The summed E-state index contributed by atoms with van der Waals surface area (Å²) in [4.78, 5) is 0. The minimum atomic E-state index is -3.71. The van der Waals surface area contributed by atoms with Crippen LogP contribution in [0, 0.1) is 0 Å². The summed E-state index contributed by atoms with van der Waals surface area (Å²) >= 11 is 10.7. The zero-order chi connectivity index (χ0) is 19.0. The molecule has 2 aromatic carbocycles. The van der Waals surface area contributed by atoms with E-state index in [0.29, 0.717) is 14.9 Å². The van der Waals surface area contributed by atoms with Crippen molar-refractivity contribution in [2.45, 2.75) is 29.5 Å². The minimum absolute atomic E-state index is 0.234. The molecular formula is C20H17BrClNO2S2. The van der Waals surface area contributed by atoms with Crippen molar-refractivity contribution in [2.75, 3.05) is 4.31 Å². The van der Waals surface area contributed by atoms with E-state index in [4.69, 9.17) is 11.6 Å². The fraction of sp³-hybridized carbons (Fsp3) is 0.200. The van der Waals surface area contributed by atoms with Crippen LogP contribution < -0.4 is 4.31 Å². The molecule has 3 nitrogen and oxygen atoms in total. The second-order valence-corrected chi connectivity index (χ2v) is 11.4. The van der Waals surface area contributed by atoms with Crippen LogP contribution in [0.15, 0.2) is 68.7 Å². The second kappa shape index (κ2) is 7.59. The standard InChI is InChI=1S/C20H17BrClNO2S2/c21-19-12-13-20(26-19)27(24,25)23(16-10-8-15(22)9-11-16)18-7-3-5-14-4-1-2-6-17(14)18/h1-2,4,6,8-13,18H,3,5,7H2. The Morgan fingerprint density at radius 1 is 1.04 bits per heavy atom. The van der Waals surface area contributed by atoms with Crippen LogP contribution in [0.3, 0.4) is 0 Å². The maximum Gasteiger partial charge on any atom is 0.274 e. The molecule has 0 fully saturated rings. The summed E-state index contributed by atoms with van der Waals surface area (Å²) in [7, 11) is -3.71. The number of sulfonamides is 1. The zero-order valence-corrected chi connectivity index (χ0v) is 18.3. The highest BCUT2D eigenvalue weighted by Gasteiger charge is 2.36. The van der Waals surface area contributed by atoms with Crippen molar-refractivity contribution in [2.24, 2.45) is 0 Å². The first-order valence-electron chi connectivity index (χ1n) is 8.60. The molecule has 0 bridgehead atoms. The molecule has 4 rings (SSSR count). The lowest BCUT2D eigenvalue weighted by Crippen LogP contribution is -2.36. The lowest BCUT2D eigenvalue weighted by Gasteiger charge is -2.36. The molecule has 0 saturated heterocycles. The molecule has 140 valence electrons. The highest BCUT2D eigenvalue weighted by atomic mass is 79.9. The van der Waals surface area contributed by atoms with Crippen LogP contribution in [0.1, 0.15) is 30.0 Å². The quantitative estimate of drug-likeness (QED) is 0.429. The van der Waals surface area contributed by atoms with Gasteiger partial charge in [0.1, 0.15) is 4.21 Å². The van der Waals surface area contributed by atoms with E-state index in [9.17, 15) is 8.42 Å². The van der Waals surface area contributed by atoms with Gasteiger partial charge in [-0.25, -0.2) is 8.42 Å². The van der Waals surface area contributed by atoms with Crippen LogP contribution in [0.5, 0.6) is 0 Å². The van der Waals surface area contributed by atoms with Crippen LogP contribution in [-0.4, -0.2) is 8.42 Å². The van der Waals surface area contributed by atoms with Gasteiger partial charge in [0.15, 0.2) is 0 Å². The van der Waals surface area contributed by atoms with Gasteiger partial charge < -0.3 is 0 Å². The average Bonchev–Trinajstić information content (AvgIpc) is 3.11. The highest BCUT2D eigenvalue weighted by molar-refractivity contribution is 9.11. The number of fused-ring (bicyclic) bond motifs is 1. The monoisotopic (exact) mass is 481 g/mol. The molecule has 1 aromatic heterocycles. The maximum atomic E-state index is 13.6. The fourth-order valence-corrected chi connectivity index (χ4v) is 7.47. The summed E-state index contributed by atoms with van der Waals surface area (Å²) in [5, 5.41) is 0.582. The predicted octanol–water partition coefficient (Wildman–Crippen LogP) is 6.44. The van der Waals surface area contributed by atoms with Gasteiger partial charge in [-0.05, 0) is 82.7 Å². The van der Waals surface area contributed by atoms with Gasteiger partial charge in [0.05, 0.1) is 15.5 Å². The third-order valence-electron chi connectivity index (χ3n) is 4.76. The summed E-state index contributed by atoms with van der Waals surface area (Å²) in [6.07, 6.45) is 2.71. The van der Waals surface area contributed by atoms with Crippen LogP contribution >= 0.6 is 38.9 Å². The molecule has 3 aromatic rings. The molecule has 0 saturated carbocycles. The van der Waals surface area contributed by atoms with Gasteiger partial charge in [0.2, 0.25) is 0 Å². The number of rotatable bonds is 4. The largest absolute Gasteiger partial charge is 0.274 e. The predicted molar refractivity (Wildman–Crippen MR) is 115 cm³/mol. The molecule has 1 atom stereocenters. The van der Waals surface area contributed by atoms with Crippen LogP contribution in [0.4, 0.5) is 5.69 Å². The van der Waals surface area contributed by atoms with Gasteiger partial charge in [0.25, 0.3) is 10.0 Å². The first kappa shape index (κ1) is 19.0. The molecule has 0 aliphatic heterocycles. The number of hydrogen-bond donors (Lipinski definition) is 0. The molecule has 0 amide bonds. The molecule has 1 aliphatic rings. The third kappa shape index (κ3) is 3.68. The van der Waals surface area contributed by atoms with Crippen molar-refractivity contribution in [1.29, 1.82) is 0 Å². The molecule has 7 heteroatoms. The number of anilines is 1. The molecule has 1 aliphatic carbocycles. The van der Waals surface area contributed by atoms with Crippen molar-refractivity contribution in [3.8, 4) is 0 Å². The molecular weight excluding hydrogens is 466 g/mol.